The first-order chi connectivity index (χ1) is 13.3. The molecule has 28 heavy (non-hydrogen) atoms. The lowest BCUT2D eigenvalue weighted by Crippen LogP contribution is -2.27. The van der Waals surface area contributed by atoms with Crippen LogP contribution in [0.25, 0.3) is 10.9 Å². The topological polar surface area (TPSA) is 74.3 Å². The van der Waals surface area contributed by atoms with Gasteiger partial charge < -0.3 is 15.5 Å². The maximum Gasteiger partial charge on any atom is 0.256 e. The van der Waals surface area contributed by atoms with Crippen molar-refractivity contribution in [3.8, 4) is 0 Å². The molecule has 1 heterocycles. The number of pyridine rings is 1. The Labute approximate surface area is 164 Å². The summed E-state index contributed by atoms with van der Waals surface area (Å²) in [7, 11) is 3.65. The van der Waals surface area contributed by atoms with E-state index in [1.165, 1.54) is 0 Å². The fraction of sp³-hybridized carbons (Fsp3) is 0.227. The zero-order valence-corrected chi connectivity index (χ0v) is 16.5. The van der Waals surface area contributed by atoms with Gasteiger partial charge in [0.25, 0.3) is 5.91 Å². The summed E-state index contributed by atoms with van der Waals surface area (Å²) in [4.78, 5) is 31.5. The third-order valence-corrected chi connectivity index (χ3v) is 4.25. The Morgan fingerprint density at radius 3 is 2.32 bits per heavy atom. The summed E-state index contributed by atoms with van der Waals surface area (Å²) >= 11 is 0. The van der Waals surface area contributed by atoms with E-state index in [0.717, 1.165) is 22.2 Å². The van der Waals surface area contributed by atoms with Crippen molar-refractivity contribution in [1.29, 1.82) is 0 Å². The minimum absolute atomic E-state index is 0.146. The highest BCUT2D eigenvalue weighted by molar-refractivity contribution is 6.14. The van der Waals surface area contributed by atoms with Gasteiger partial charge in [-0.05, 0) is 58.3 Å². The number of carbonyl (C=O) groups excluding carboxylic acids is 2. The molecule has 0 aliphatic rings. The molecule has 0 bridgehead atoms. The first-order valence-electron chi connectivity index (χ1n) is 9.06. The number of hydrogen-bond acceptors (Lipinski definition) is 4. The number of amides is 2. The molecule has 3 aromatic rings. The molecule has 2 amide bonds. The smallest absolute Gasteiger partial charge is 0.256 e. The van der Waals surface area contributed by atoms with Crippen LogP contribution in [-0.2, 0) is 4.79 Å². The van der Waals surface area contributed by atoms with E-state index < -0.39 is 0 Å². The molecule has 6 nitrogen and oxygen atoms in total. The quantitative estimate of drug-likeness (QED) is 0.713. The second-order valence-electron chi connectivity index (χ2n) is 7.12. The number of rotatable bonds is 5. The second-order valence-corrected chi connectivity index (χ2v) is 7.12. The van der Waals surface area contributed by atoms with Gasteiger partial charge in [-0.15, -0.1) is 0 Å². The molecule has 0 atom stereocenters. The predicted octanol–water partition coefficient (Wildman–Crippen LogP) is 3.60. The van der Waals surface area contributed by atoms with Crippen LogP contribution >= 0.6 is 0 Å². The average molecular weight is 376 g/mol. The van der Waals surface area contributed by atoms with E-state index >= 15 is 0 Å². The van der Waals surface area contributed by atoms with E-state index in [1.807, 2.05) is 58.3 Å². The fourth-order valence-electron chi connectivity index (χ4n) is 3.03. The van der Waals surface area contributed by atoms with E-state index in [0.29, 0.717) is 16.9 Å². The standard InChI is InChI=1S/C22H24N4O2/c1-14-9-10-18-16(11-14)17(12-15(2)23-18)22(28)25-20-8-6-5-7-19(20)24-21(27)13-26(3)4/h5-12H,13H2,1-4H3,(H,24,27)(H,25,28). The summed E-state index contributed by atoms with van der Waals surface area (Å²) in [5, 5.41) is 6.58. The number of likely N-dealkylation sites (N-methyl/N-ethyl adjacent to an activating group) is 1. The molecule has 0 aliphatic heterocycles. The number of fused-ring (bicyclic) bond motifs is 1. The van der Waals surface area contributed by atoms with E-state index in [1.54, 1.807) is 23.1 Å². The van der Waals surface area contributed by atoms with Crippen LogP contribution in [0.4, 0.5) is 11.4 Å². The average Bonchev–Trinajstić information content (AvgIpc) is 2.62. The number of para-hydroxylation sites is 2. The third-order valence-electron chi connectivity index (χ3n) is 4.25. The molecule has 3 rings (SSSR count). The fourth-order valence-corrected chi connectivity index (χ4v) is 3.03. The van der Waals surface area contributed by atoms with Crippen LogP contribution in [0.2, 0.25) is 0 Å². The van der Waals surface area contributed by atoms with Crippen molar-refractivity contribution in [3.63, 3.8) is 0 Å². The van der Waals surface area contributed by atoms with Gasteiger partial charge in [-0.2, -0.15) is 0 Å². The van der Waals surface area contributed by atoms with Gasteiger partial charge in [0.1, 0.15) is 0 Å². The molecule has 0 aliphatic carbocycles. The summed E-state index contributed by atoms with van der Waals surface area (Å²) in [6, 6.07) is 14.8. The van der Waals surface area contributed by atoms with Gasteiger partial charge in [0.05, 0.1) is 29.0 Å². The second kappa shape index (κ2) is 8.19. The zero-order chi connectivity index (χ0) is 20.3. The number of aromatic nitrogens is 1. The van der Waals surface area contributed by atoms with Crippen molar-refractivity contribution in [2.75, 3.05) is 31.3 Å². The summed E-state index contributed by atoms with van der Waals surface area (Å²) in [6.07, 6.45) is 0. The van der Waals surface area contributed by atoms with Crippen molar-refractivity contribution in [3.05, 3.63) is 65.4 Å². The predicted molar refractivity (Wildman–Crippen MR) is 113 cm³/mol. The number of nitrogens with one attached hydrogen (secondary N) is 2. The van der Waals surface area contributed by atoms with Crippen molar-refractivity contribution in [2.24, 2.45) is 0 Å². The number of nitrogens with zero attached hydrogens (tertiary/aromatic N) is 2. The van der Waals surface area contributed by atoms with Gasteiger partial charge in [-0.25, -0.2) is 0 Å². The van der Waals surface area contributed by atoms with Gasteiger partial charge in [0, 0.05) is 11.1 Å². The molecule has 2 aromatic carbocycles. The molecule has 0 saturated heterocycles. The summed E-state index contributed by atoms with van der Waals surface area (Å²) in [5.74, 6) is -0.386. The number of anilines is 2. The monoisotopic (exact) mass is 376 g/mol. The van der Waals surface area contributed by atoms with Gasteiger partial charge >= 0.3 is 0 Å². The van der Waals surface area contributed by atoms with Crippen LogP contribution in [0.5, 0.6) is 0 Å². The lowest BCUT2D eigenvalue weighted by Gasteiger charge is -2.15. The Morgan fingerprint density at radius 2 is 1.64 bits per heavy atom. The zero-order valence-electron chi connectivity index (χ0n) is 16.5. The van der Waals surface area contributed by atoms with Gasteiger partial charge in [-0.3, -0.25) is 14.6 Å². The maximum atomic E-state index is 13.0. The summed E-state index contributed by atoms with van der Waals surface area (Å²) in [5.41, 5.74) is 4.28. The number of hydrogen-bond donors (Lipinski definition) is 2. The normalized spacial score (nSPS) is 10.9. The molecule has 1 aromatic heterocycles. The largest absolute Gasteiger partial charge is 0.323 e. The van der Waals surface area contributed by atoms with Crippen LogP contribution in [0.3, 0.4) is 0 Å². The lowest BCUT2D eigenvalue weighted by atomic mass is 10.0. The molecule has 0 spiro atoms. The van der Waals surface area contributed by atoms with Crippen LogP contribution in [0.1, 0.15) is 21.6 Å². The minimum Gasteiger partial charge on any atom is -0.323 e. The molecular formula is C22H24N4O2. The number of aryl methyl sites for hydroxylation is 2. The van der Waals surface area contributed by atoms with Crippen LogP contribution in [0, 0.1) is 13.8 Å². The number of benzene rings is 2. The maximum absolute atomic E-state index is 13.0. The first-order valence-corrected chi connectivity index (χ1v) is 9.06. The molecule has 0 fully saturated rings. The van der Waals surface area contributed by atoms with Gasteiger partial charge in [0.15, 0.2) is 0 Å². The Morgan fingerprint density at radius 1 is 0.964 bits per heavy atom. The third kappa shape index (κ3) is 4.53. The Hall–Kier alpha value is -3.25. The summed E-state index contributed by atoms with van der Waals surface area (Å²) in [6.45, 7) is 4.11. The molecule has 144 valence electrons. The molecule has 2 N–H and O–H groups in total. The van der Waals surface area contributed by atoms with E-state index in [9.17, 15) is 9.59 Å². The van der Waals surface area contributed by atoms with Crippen LogP contribution < -0.4 is 10.6 Å². The van der Waals surface area contributed by atoms with Crippen molar-refractivity contribution in [2.45, 2.75) is 13.8 Å². The van der Waals surface area contributed by atoms with E-state index in [4.69, 9.17) is 0 Å². The van der Waals surface area contributed by atoms with Gasteiger partial charge in [0.2, 0.25) is 5.91 Å². The van der Waals surface area contributed by atoms with Crippen LogP contribution in [-0.4, -0.2) is 42.3 Å². The highest BCUT2D eigenvalue weighted by atomic mass is 16.2. The molecule has 0 radical (unpaired) electrons. The summed E-state index contributed by atoms with van der Waals surface area (Å²) < 4.78 is 0. The molecule has 6 heteroatoms. The Kier molecular flexibility index (Phi) is 5.70. The molecular weight excluding hydrogens is 352 g/mol. The van der Waals surface area contributed by atoms with Gasteiger partial charge in [-0.1, -0.05) is 23.8 Å². The van der Waals surface area contributed by atoms with Crippen molar-refractivity contribution in [1.82, 2.24) is 9.88 Å². The number of carbonyl (C=O) groups is 2. The minimum atomic E-state index is -0.240. The van der Waals surface area contributed by atoms with E-state index in [-0.39, 0.29) is 18.4 Å². The highest BCUT2D eigenvalue weighted by Gasteiger charge is 2.15. The highest BCUT2D eigenvalue weighted by Crippen LogP contribution is 2.25. The van der Waals surface area contributed by atoms with Crippen LogP contribution in [0.15, 0.2) is 48.5 Å². The molecule has 0 saturated carbocycles. The van der Waals surface area contributed by atoms with Crippen molar-refractivity contribution >= 4 is 34.1 Å². The Balaban J connectivity index is 1.91. The first kappa shape index (κ1) is 19.5. The van der Waals surface area contributed by atoms with Crippen molar-refractivity contribution < 1.29 is 9.59 Å². The SMILES string of the molecule is Cc1ccc2nc(C)cc(C(=O)Nc3ccccc3NC(=O)CN(C)C)c2c1. The molecule has 0 unspecified atom stereocenters. The van der Waals surface area contributed by atoms with E-state index in [2.05, 4.69) is 15.6 Å². The Bertz CT molecular complexity index is 1040. The lowest BCUT2D eigenvalue weighted by molar-refractivity contribution is -0.116.